The van der Waals surface area contributed by atoms with Gasteiger partial charge in [-0.1, -0.05) is 18.3 Å². The van der Waals surface area contributed by atoms with Crippen molar-refractivity contribution in [2.24, 2.45) is 0 Å². The largest absolute Gasteiger partial charge is 0.358 e. The van der Waals surface area contributed by atoms with Crippen LogP contribution in [0.5, 0.6) is 0 Å². The van der Waals surface area contributed by atoms with E-state index in [0.717, 1.165) is 21.6 Å². The maximum absolute atomic E-state index is 4.67. The van der Waals surface area contributed by atoms with Gasteiger partial charge >= 0.3 is 0 Å². The molecule has 0 aliphatic heterocycles. The van der Waals surface area contributed by atoms with Crippen LogP contribution in [0.1, 0.15) is 49.7 Å². The number of thiazole rings is 1. The maximum atomic E-state index is 4.67. The van der Waals surface area contributed by atoms with Gasteiger partial charge in [0.05, 0.1) is 15.6 Å². The lowest BCUT2D eigenvalue weighted by Crippen LogP contribution is -2.12. The molecule has 0 aromatic carbocycles. The van der Waals surface area contributed by atoms with E-state index in [0.29, 0.717) is 12.0 Å². The summed E-state index contributed by atoms with van der Waals surface area (Å²) in [4.78, 5) is 5.90. The van der Waals surface area contributed by atoms with E-state index in [4.69, 9.17) is 0 Å². The van der Waals surface area contributed by atoms with Gasteiger partial charge < -0.3 is 5.32 Å². The van der Waals surface area contributed by atoms with E-state index >= 15 is 0 Å². The molecule has 2 aromatic heterocycles. The van der Waals surface area contributed by atoms with Gasteiger partial charge in [0, 0.05) is 12.0 Å². The smallest absolute Gasteiger partial charge is 0.206 e. The molecule has 1 unspecified atom stereocenters. The van der Waals surface area contributed by atoms with Crippen LogP contribution in [0, 0.1) is 6.92 Å². The molecule has 4 nitrogen and oxygen atoms in total. The Kier molecular flexibility index (Phi) is 3.54. The molecule has 6 heteroatoms. The summed E-state index contributed by atoms with van der Waals surface area (Å²) in [5.74, 6) is 0.662. The number of aryl methyl sites for hydroxylation is 1. The zero-order valence-electron chi connectivity index (χ0n) is 11.4. The lowest BCUT2D eigenvalue weighted by Gasteiger charge is -2.07. The third-order valence-corrected chi connectivity index (χ3v) is 5.32. The second-order valence-electron chi connectivity index (χ2n) is 5.09. The van der Waals surface area contributed by atoms with E-state index in [-0.39, 0.29) is 0 Å². The zero-order chi connectivity index (χ0) is 13.4. The third-order valence-electron chi connectivity index (χ3n) is 3.33. The molecule has 102 valence electrons. The number of nitrogens with zero attached hydrogens (tertiary/aromatic N) is 3. The fraction of sp³-hybridized carbons (Fsp3) is 0.615. The van der Waals surface area contributed by atoms with Crippen molar-refractivity contribution in [3.63, 3.8) is 0 Å². The summed E-state index contributed by atoms with van der Waals surface area (Å²) in [5, 5.41) is 15.0. The van der Waals surface area contributed by atoms with Crippen LogP contribution in [-0.2, 0) is 0 Å². The lowest BCUT2D eigenvalue weighted by molar-refractivity contribution is 0.760. The van der Waals surface area contributed by atoms with Crippen molar-refractivity contribution in [1.29, 1.82) is 0 Å². The van der Waals surface area contributed by atoms with Crippen molar-refractivity contribution in [3.05, 3.63) is 10.7 Å². The topological polar surface area (TPSA) is 50.7 Å². The maximum Gasteiger partial charge on any atom is 0.206 e. The monoisotopic (exact) mass is 294 g/mol. The molecule has 1 atom stereocenters. The van der Waals surface area contributed by atoms with Crippen LogP contribution in [0.25, 0.3) is 9.88 Å². The SMILES string of the molecule is CCC(C)Nc1nnc(-c2sc(C)nc2C2CC2)s1. The molecule has 1 fully saturated rings. The summed E-state index contributed by atoms with van der Waals surface area (Å²) in [6.07, 6.45) is 3.63. The first kappa shape index (κ1) is 13.0. The minimum Gasteiger partial charge on any atom is -0.358 e. The van der Waals surface area contributed by atoms with Crippen LogP contribution in [0.15, 0.2) is 0 Å². The van der Waals surface area contributed by atoms with E-state index in [9.17, 15) is 0 Å². The Morgan fingerprint density at radius 3 is 2.79 bits per heavy atom. The van der Waals surface area contributed by atoms with Crippen molar-refractivity contribution in [3.8, 4) is 9.88 Å². The van der Waals surface area contributed by atoms with Crippen LogP contribution >= 0.6 is 22.7 Å². The number of hydrogen-bond acceptors (Lipinski definition) is 6. The van der Waals surface area contributed by atoms with Gasteiger partial charge in [-0.15, -0.1) is 21.5 Å². The molecule has 1 aliphatic rings. The molecule has 0 radical (unpaired) electrons. The molecule has 2 heterocycles. The Bertz CT molecular complexity index is 571. The Morgan fingerprint density at radius 1 is 1.32 bits per heavy atom. The van der Waals surface area contributed by atoms with Gasteiger partial charge in [-0.05, 0) is 33.1 Å². The van der Waals surface area contributed by atoms with Crippen LogP contribution in [0.4, 0.5) is 5.13 Å². The number of aromatic nitrogens is 3. The fourth-order valence-electron chi connectivity index (χ4n) is 1.92. The van der Waals surface area contributed by atoms with Crippen molar-refractivity contribution < 1.29 is 0 Å². The minimum atomic E-state index is 0.437. The quantitative estimate of drug-likeness (QED) is 0.903. The first-order chi connectivity index (χ1) is 9.17. The Labute approximate surface area is 121 Å². The molecular formula is C13H18N4S2. The number of rotatable bonds is 5. The van der Waals surface area contributed by atoms with Crippen molar-refractivity contribution in [2.75, 3.05) is 5.32 Å². The summed E-state index contributed by atoms with van der Waals surface area (Å²) in [5.41, 5.74) is 1.24. The molecule has 19 heavy (non-hydrogen) atoms. The molecule has 1 N–H and O–H groups in total. The van der Waals surface area contributed by atoms with E-state index < -0.39 is 0 Å². The average Bonchev–Trinajstić information content (AvgIpc) is 3.02. The number of hydrogen-bond donors (Lipinski definition) is 1. The molecule has 1 aliphatic carbocycles. The highest BCUT2D eigenvalue weighted by Gasteiger charge is 2.30. The Morgan fingerprint density at radius 2 is 2.11 bits per heavy atom. The summed E-state index contributed by atoms with van der Waals surface area (Å²) in [6.45, 7) is 6.39. The van der Waals surface area contributed by atoms with Crippen LogP contribution in [0.3, 0.4) is 0 Å². The number of anilines is 1. The first-order valence-corrected chi connectivity index (χ1v) is 8.38. The van der Waals surface area contributed by atoms with Crippen molar-refractivity contribution in [2.45, 2.75) is 52.0 Å². The molecule has 3 rings (SSSR count). The second kappa shape index (κ2) is 5.17. The zero-order valence-corrected chi connectivity index (χ0v) is 13.1. The van der Waals surface area contributed by atoms with Crippen LogP contribution in [0.2, 0.25) is 0 Å². The van der Waals surface area contributed by atoms with E-state index in [1.54, 1.807) is 22.7 Å². The van der Waals surface area contributed by atoms with Gasteiger partial charge in [0.1, 0.15) is 0 Å². The minimum absolute atomic E-state index is 0.437. The van der Waals surface area contributed by atoms with Crippen LogP contribution in [-0.4, -0.2) is 21.2 Å². The Hall–Kier alpha value is -1.01. The molecule has 0 spiro atoms. The molecule has 0 bridgehead atoms. The fourth-order valence-corrected chi connectivity index (χ4v) is 3.85. The normalized spacial score (nSPS) is 16.6. The lowest BCUT2D eigenvalue weighted by atomic mass is 10.2. The molecule has 1 saturated carbocycles. The van der Waals surface area contributed by atoms with Crippen molar-refractivity contribution >= 4 is 27.8 Å². The van der Waals surface area contributed by atoms with Gasteiger partial charge in [-0.25, -0.2) is 4.98 Å². The highest BCUT2D eigenvalue weighted by Crippen LogP contribution is 2.46. The van der Waals surface area contributed by atoms with Gasteiger partial charge in [-0.2, -0.15) is 0 Å². The standard InChI is InChI=1S/C13H18N4S2/c1-4-7(2)14-13-17-16-12(19-13)11-10(9-5-6-9)15-8(3)18-11/h7,9H,4-6H2,1-3H3,(H,14,17). The van der Waals surface area contributed by atoms with Gasteiger partial charge in [0.15, 0.2) is 5.01 Å². The summed E-state index contributed by atoms with van der Waals surface area (Å²) in [7, 11) is 0. The van der Waals surface area contributed by atoms with Gasteiger partial charge in [0.2, 0.25) is 5.13 Å². The van der Waals surface area contributed by atoms with E-state index in [1.165, 1.54) is 23.4 Å². The van der Waals surface area contributed by atoms with Gasteiger partial charge in [-0.3, -0.25) is 0 Å². The summed E-state index contributed by atoms with van der Waals surface area (Å²) in [6, 6.07) is 0.437. The van der Waals surface area contributed by atoms with Crippen molar-refractivity contribution in [1.82, 2.24) is 15.2 Å². The summed E-state index contributed by atoms with van der Waals surface area (Å²) < 4.78 is 0. The van der Waals surface area contributed by atoms with Gasteiger partial charge in [0.25, 0.3) is 0 Å². The summed E-state index contributed by atoms with van der Waals surface area (Å²) >= 11 is 3.38. The Balaban J connectivity index is 1.86. The number of nitrogens with one attached hydrogen (secondary N) is 1. The molecule has 0 saturated heterocycles. The second-order valence-corrected chi connectivity index (χ2v) is 7.27. The molecular weight excluding hydrogens is 276 g/mol. The molecule has 2 aromatic rings. The highest BCUT2D eigenvalue weighted by molar-refractivity contribution is 7.23. The predicted octanol–water partition coefficient (Wildman–Crippen LogP) is 4.06. The third kappa shape index (κ3) is 2.79. The first-order valence-electron chi connectivity index (χ1n) is 6.75. The molecule has 0 amide bonds. The average molecular weight is 294 g/mol. The predicted molar refractivity (Wildman–Crippen MR) is 81.1 cm³/mol. The van der Waals surface area contributed by atoms with E-state index in [1.807, 2.05) is 0 Å². The highest BCUT2D eigenvalue weighted by atomic mass is 32.1. The van der Waals surface area contributed by atoms with Crippen LogP contribution < -0.4 is 5.32 Å². The van der Waals surface area contributed by atoms with E-state index in [2.05, 4.69) is 41.3 Å².